The molecule has 2 N–H and O–H groups in total. The number of ether oxygens (including phenoxy) is 3. The van der Waals surface area contributed by atoms with Gasteiger partial charge in [-0.15, -0.1) is 0 Å². The molecule has 0 fully saturated rings. The van der Waals surface area contributed by atoms with Crippen molar-refractivity contribution in [1.82, 2.24) is 0 Å². The highest BCUT2D eigenvalue weighted by atomic mass is 16.5. The van der Waals surface area contributed by atoms with Gasteiger partial charge in [-0.1, -0.05) is 31.5 Å². The van der Waals surface area contributed by atoms with Crippen LogP contribution in [0.2, 0.25) is 0 Å². The number of esters is 2. The van der Waals surface area contributed by atoms with E-state index in [2.05, 4.69) is 0 Å². The van der Waals surface area contributed by atoms with Gasteiger partial charge in [0, 0.05) is 24.1 Å². The van der Waals surface area contributed by atoms with Gasteiger partial charge in [0.05, 0.1) is 19.3 Å². The number of Topliss-reactive ketones (excluding diaryl/α,β-unsaturated/α-hetero) is 1. The molecule has 0 saturated heterocycles. The van der Waals surface area contributed by atoms with E-state index < -0.39 is 23.3 Å². The van der Waals surface area contributed by atoms with E-state index in [1.807, 2.05) is 6.92 Å². The van der Waals surface area contributed by atoms with E-state index >= 15 is 0 Å². The monoisotopic (exact) mass is 454 g/mol. The van der Waals surface area contributed by atoms with Gasteiger partial charge in [0.25, 0.3) is 0 Å². The zero-order valence-electron chi connectivity index (χ0n) is 18.6. The van der Waals surface area contributed by atoms with Crippen LogP contribution in [-0.2, 0) is 38.8 Å². The molecule has 3 aliphatic rings. The van der Waals surface area contributed by atoms with E-state index in [9.17, 15) is 19.2 Å². The second kappa shape index (κ2) is 8.73. The lowest BCUT2D eigenvalue weighted by atomic mass is 9.64. The summed E-state index contributed by atoms with van der Waals surface area (Å²) in [4.78, 5) is 54.1. The molecule has 0 saturated carbocycles. The molecule has 1 aliphatic carbocycles. The third kappa shape index (κ3) is 3.39. The molecule has 1 amide bonds. The van der Waals surface area contributed by atoms with Crippen LogP contribution in [0.4, 0.5) is 5.69 Å². The van der Waals surface area contributed by atoms with E-state index in [0.717, 1.165) is 6.42 Å². The number of hydrogen-bond donors (Lipinski definition) is 1. The van der Waals surface area contributed by atoms with Gasteiger partial charge >= 0.3 is 11.9 Å². The van der Waals surface area contributed by atoms with Crippen molar-refractivity contribution in [2.45, 2.75) is 44.4 Å². The zero-order valence-corrected chi connectivity index (χ0v) is 18.6. The summed E-state index contributed by atoms with van der Waals surface area (Å²) in [6, 6.07) is 6.73. The number of rotatable bonds is 6. The van der Waals surface area contributed by atoms with E-state index in [1.54, 1.807) is 24.3 Å². The third-order valence-electron chi connectivity index (χ3n) is 6.21. The molecule has 9 nitrogen and oxygen atoms in total. The van der Waals surface area contributed by atoms with Crippen molar-refractivity contribution in [2.75, 3.05) is 25.2 Å². The number of ketones is 1. The third-order valence-corrected chi connectivity index (χ3v) is 6.21. The fraction of sp³-hybridized carbons (Fsp3) is 0.417. The minimum Gasteiger partial charge on any atom is -0.468 e. The molecule has 9 heteroatoms. The molecule has 1 aromatic carbocycles. The number of nitrogens with two attached hydrogens (primary N) is 1. The van der Waals surface area contributed by atoms with Crippen molar-refractivity contribution in [3.05, 3.63) is 52.6 Å². The average molecular weight is 454 g/mol. The van der Waals surface area contributed by atoms with Crippen molar-refractivity contribution in [3.8, 4) is 0 Å². The largest absolute Gasteiger partial charge is 0.468 e. The maximum atomic E-state index is 14.2. The number of anilines is 1. The topological polar surface area (TPSA) is 125 Å². The Labute approximate surface area is 191 Å². The van der Waals surface area contributed by atoms with Gasteiger partial charge in [-0.25, -0.2) is 4.79 Å². The maximum absolute atomic E-state index is 14.2. The Balaban J connectivity index is 1.97. The Kier molecular flexibility index (Phi) is 5.97. The SMILES string of the molecule is CCCCOC(=O)C1=C(N)OC2=C(C(=O)CCC2)C12C(=O)N(CC(=O)OC)c1ccccc12. The van der Waals surface area contributed by atoms with Gasteiger partial charge in [-0.2, -0.15) is 0 Å². The zero-order chi connectivity index (χ0) is 23.8. The van der Waals surface area contributed by atoms with Gasteiger partial charge < -0.3 is 19.9 Å². The summed E-state index contributed by atoms with van der Waals surface area (Å²) in [5.41, 5.74) is 5.04. The molecule has 0 radical (unpaired) electrons. The van der Waals surface area contributed by atoms with Crippen molar-refractivity contribution in [3.63, 3.8) is 0 Å². The standard InChI is InChI=1S/C24H26N2O7/c1-3-4-12-32-22(29)20-21(25)33-17-11-7-10-16(27)19(17)24(20)14-8-5-6-9-15(14)26(23(24)30)13-18(28)31-2/h5-6,8-9H,3-4,7,10-13,25H2,1-2H3. The molecule has 0 bridgehead atoms. The Morgan fingerprint density at radius 2 is 1.97 bits per heavy atom. The number of methoxy groups -OCH3 is 1. The van der Waals surface area contributed by atoms with Crippen LogP contribution in [0.5, 0.6) is 0 Å². The molecule has 1 spiro atoms. The lowest BCUT2D eigenvalue weighted by Crippen LogP contribution is -2.52. The summed E-state index contributed by atoms with van der Waals surface area (Å²) < 4.78 is 16.0. The Hall–Kier alpha value is -3.62. The molecule has 33 heavy (non-hydrogen) atoms. The number of unbranched alkanes of at least 4 members (excludes halogenated alkanes) is 1. The first kappa shape index (κ1) is 22.6. The number of carbonyl (C=O) groups excluding carboxylic acids is 4. The predicted molar refractivity (Wildman–Crippen MR) is 117 cm³/mol. The maximum Gasteiger partial charge on any atom is 0.341 e. The van der Waals surface area contributed by atoms with Crippen LogP contribution in [0.3, 0.4) is 0 Å². The normalized spacial score (nSPS) is 21.7. The highest BCUT2D eigenvalue weighted by Crippen LogP contribution is 2.56. The Morgan fingerprint density at radius 3 is 2.70 bits per heavy atom. The molecule has 2 heterocycles. The molecule has 0 aromatic heterocycles. The summed E-state index contributed by atoms with van der Waals surface area (Å²) in [5, 5.41) is 0. The number of amides is 1. The molecular formula is C24H26N2O7. The minimum absolute atomic E-state index is 0.0928. The first-order chi connectivity index (χ1) is 15.9. The summed E-state index contributed by atoms with van der Waals surface area (Å²) in [7, 11) is 1.22. The number of benzene rings is 1. The molecular weight excluding hydrogens is 428 g/mol. The van der Waals surface area contributed by atoms with Gasteiger partial charge in [-0.3, -0.25) is 19.3 Å². The second-order valence-corrected chi connectivity index (χ2v) is 8.14. The van der Waals surface area contributed by atoms with Crippen LogP contribution in [0.1, 0.15) is 44.6 Å². The second-order valence-electron chi connectivity index (χ2n) is 8.14. The summed E-state index contributed by atoms with van der Waals surface area (Å²) >= 11 is 0. The summed E-state index contributed by atoms with van der Waals surface area (Å²) in [6.45, 7) is 1.69. The predicted octanol–water partition coefficient (Wildman–Crippen LogP) is 1.99. The van der Waals surface area contributed by atoms with Crippen LogP contribution < -0.4 is 10.6 Å². The molecule has 1 unspecified atom stereocenters. The van der Waals surface area contributed by atoms with E-state index in [-0.39, 0.29) is 48.1 Å². The van der Waals surface area contributed by atoms with Gasteiger partial charge in [-0.05, 0) is 18.9 Å². The van der Waals surface area contributed by atoms with Crippen LogP contribution >= 0.6 is 0 Å². The van der Waals surface area contributed by atoms with Crippen LogP contribution in [-0.4, -0.2) is 43.9 Å². The first-order valence-corrected chi connectivity index (χ1v) is 11.0. The highest BCUT2D eigenvalue weighted by molar-refractivity contribution is 6.24. The molecule has 2 aliphatic heterocycles. The van der Waals surface area contributed by atoms with Gasteiger partial charge in [0.1, 0.15) is 23.3 Å². The summed E-state index contributed by atoms with van der Waals surface area (Å²) in [6.07, 6.45) is 2.56. The van der Waals surface area contributed by atoms with Gasteiger partial charge in [0.2, 0.25) is 11.8 Å². The number of para-hydroxylation sites is 1. The molecule has 4 rings (SSSR count). The summed E-state index contributed by atoms with van der Waals surface area (Å²) in [5.74, 6) is -2.40. The van der Waals surface area contributed by atoms with Crippen LogP contribution in [0, 0.1) is 0 Å². The Bertz CT molecular complexity index is 1100. The number of hydrogen-bond acceptors (Lipinski definition) is 8. The number of allylic oxidation sites excluding steroid dienone is 1. The van der Waals surface area contributed by atoms with Gasteiger partial charge in [0.15, 0.2) is 5.78 Å². The fourth-order valence-electron chi connectivity index (χ4n) is 4.75. The number of fused-ring (bicyclic) bond motifs is 3. The molecule has 1 aromatic rings. The van der Waals surface area contributed by atoms with Crippen LogP contribution in [0.15, 0.2) is 47.1 Å². The van der Waals surface area contributed by atoms with Crippen LogP contribution in [0.25, 0.3) is 0 Å². The van der Waals surface area contributed by atoms with E-state index in [1.165, 1.54) is 12.0 Å². The fourth-order valence-corrected chi connectivity index (χ4v) is 4.75. The average Bonchev–Trinajstić information content (AvgIpc) is 3.02. The minimum atomic E-state index is -1.84. The quantitative estimate of drug-likeness (QED) is 0.511. The smallest absolute Gasteiger partial charge is 0.341 e. The highest BCUT2D eigenvalue weighted by Gasteiger charge is 2.64. The number of carbonyl (C=O) groups is 4. The number of nitrogens with zero attached hydrogens (tertiary/aromatic N) is 1. The lowest BCUT2D eigenvalue weighted by molar-refractivity contribution is -0.142. The van der Waals surface area contributed by atoms with Crippen molar-refractivity contribution in [2.24, 2.45) is 5.73 Å². The van der Waals surface area contributed by atoms with Crippen molar-refractivity contribution >= 4 is 29.3 Å². The Morgan fingerprint density at radius 1 is 1.21 bits per heavy atom. The molecule has 174 valence electrons. The van der Waals surface area contributed by atoms with Crippen molar-refractivity contribution in [1.29, 1.82) is 0 Å². The lowest BCUT2D eigenvalue weighted by Gasteiger charge is -2.38. The van der Waals surface area contributed by atoms with E-state index in [0.29, 0.717) is 30.5 Å². The van der Waals surface area contributed by atoms with Crippen molar-refractivity contribution < 1.29 is 33.4 Å². The van der Waals surface area contributed by atoms with E-state index in [4.69, 9.17) is 19.9 Å². The first-order valence-electron chi connectivity index (χ1n) is 11.0. The molecule has 1 atom stereocenters.